The first-order valence-corrected chi connectivity index (χ1v) is 10.1. The number of benzene rings is 2. The fraction of sp³-hybridized carbons (Fsp3) is 0.200. The highest BCUT2D eigenvalue weighted by atomic mass is 19.1. The molecule has 1 N–H and O–H groups in total. The molecule has 160 valence electrons. The van der Waals surface area contributed by atoms with E-state index in [9.17, 15) is 14.3 Å². The van der Waals surface area contributed by atoms with E-state index in [1.54, 1.807) is 35.4 Å². The second kappa shape index (κ2) is 11.0. The third kappa shape index (κ3) is 6.23. The van der Waals surface area contributed by atoms with Gasteiger partial charge in [0.1, 0.15) is 5.75 Å². The molecule has 3 rings (SSSR count). The van der Waals surface area contributed by atoms with Crippen LogP contribution in [0.3, 0.4) is 0 Å². The van der Waals surface area contributed by atoms with Gasteiger partial charge in [-0.05, 0) is 47.9 Å². The highest BCUT2D eigenvalue weighted by molar-refractivity contribution is 5.92. The Labute approximate surface area is 181 Å². The fourth-order valence-corrected chi connectivity index (χ4v) is 3.12. The Kier molecular flexibility index (Phi) is 7.90. The number of carbonyl (C=O) groups is 1. The van der Waals surface area contributed by atoms with Crippen molar-refractivity contribution in [2.75, 3.05) is 6.61 Å². The average Bonchev–Trinajstić information content (AvgIpc) is 2.80. The van der Waals surface area contributed by atoms with E-state index in [1.807, 2.05) is 37.3 Å². The van der Waals surface area contributed by atoms with Gasteiger partial charge in [0.25, 0.3) is 0 Å². The molecule has 2 aromatic carbocycles. The van der Waals surface area contributed by atoms with Crippen LogP contribution in [0.1, 0.15) is 24.5 Å². The number of hydrogen-bond donors (Lipinski definition) is 1. The lowest BCUT2D eigenvalue weighted by atomic mass is 10.1. The lowest BCUT2D eigenvalue weighted by molar-refractivity contribution is -0.129. The van der Waals surface area contributed by atoms with Crippen LogP contribution in [-0.4, -0.2) is 33.5 Å². The zero-order valence-corrected chi connectivity index (χ0v) is 17.3. The van der Waals surface area contributed by atoms with Gasteiger partial charge in [-0.1, -0.05) is 43.3 Å². The van der Waals surface area contributed by atoms with E-state index in [4.69, 9.17) is 4.74 Å². The largest absolute Gasteiger partial charge is 0.453 e. The normalized spacial score (nSPS) is 12.0. The van der Waals surface area contributed by atoms with Crippen LogP contribution in [0.5, 0.6) is 11.5 Å². The molecule has 1 aromatic heterocycles. The molecule has 0 saturated heterocycles. The average molecular weight is 420 g/mol. The van der Waals surface area contributed by atoms with Crippen LogP contribution >= 0.6 is 0 Å². The number of halogens is 1. The van der Waals surface area contributed by atoms with Crippen molar-refractivity contribution in [2.45, 2.75) is 25.9 Å². The molecule has 0 aliphatic heterocycles. The maximum absolute atomic E-state index is 14.4. The number of ether oxygens (including phenoxy) is 1. The second-order valence-corrected chi connectivity index (χ2v) is 7.01. The van der Waals surface area contributed by atoms with Gasteiger partial charge in [-0.15, -0.1) is 0 Å². The van der Waals surface area contributed by atoms with Crippen molar-refractivity contribution in [1.82, 2.24) is 9.88 Å². The first kappa shape index (κ1) is 22.2. The van der Waals surface area contributed by atoms with Crippen LogP contribution in [-0.2, 0) is 11.3 Å². The molecule has 0 unspecified atom stereocenters. The number of pyridine rings is 1. The van der Waals surface area contributed by atoms with Crippen molar-refractivity contribution in [1.29, 1.82) is 0 Å². The summed E-state index contributed by atoms with van der Waals surface area (Å²) in [4.78, 5) is 18.4. The summed E-state index contributed by atoms with van der Waals surface area (Å²) in [6, 6.07) is 17.2. The molecule has 0 radical (unpaired) electrons. The fourth-order valence-electron chi connectivity index (χ4n) is 3.12. The Hall–Kier alpha value is -3.51. The first-order valence-electron chi connectivity index (χ1n) is 10.1. The Morgan fingerprint density at radius 1 is 1.19 bits per heavy atom. The zero-order chi connectivity index (χ0) is 22.1. The van der Waals surface area contributed by atoms with Gasteiger partial charge in [-0.2, -0.15) is 0 Å². The summed E-state index contributed by atoms with van der Waals surface area (Å²) in [5.41, 5.74) is 1.50. The van der Waals surface area contributed by atoms with Crippen LogP contribution in [0.25, 0.3) is 6.08 Å². The number of aromatic nitrogens is 1. The minimum Gasteiger partial charge on any atom is -0.453 e. The smallest absolute Gasteiger partial charge is 0.247 e. The number of carbonyl (C=O) groups excluding carboxylic acids is 1. The van der Waals surface area contributed by atoms with Gasteiger partial charge < -0.3 is 14.7 Å². The number of nitrogens with zero attached hydrogens (tertiary/aromatic N) is 2. The van der Waals surface area contributed by atoms with Crippen LogP contribution in [0, 0.1) is 5.82 Å². The van der Waals surface area contributed by atoms with Crippen molar-refractivity contribution in [3.63, 3.8) is 0 Å². The highest BCUT2D eigenvalue weighted by Crippen LogP contribution is 2.25. The van der Waals surface area contributed by atoms with Crippen LogP contribution in [0.15, 0.2) is 79.1 Å². The predicted octanol–water partition coefficient (Wildman–Crippen LogP) is 4.83. The first-order chi connectivity index (χ1) is 15.1. The molecule has 3 aromatic rings. The monoisotopic (exact) mass is 420 g/mol. The van der Waals surface area contributed by atoms with Crippen molar-refractivity contribution in [3.05, 3.63) is 96.1 Å². The summed E-state index contributed by atoms with van der Waals surface area (Å²) in [7, 11) is 0. The summed E-state index contributed by atoms with van der Waals surface area (Å²) in [6.07, 6.45) is 6.69. The Morgan fingerprint density at radius 3 is 2.65 bits per heavy atom. The molecule has 1 atom stereocenters. The summed E-state index contributed by atoms with van der Waals surface area (Å²) in [5, 5.41) is 9.71. The van der Waals surface area contributed by atoms with Gasteiger partial charge in [0.15, 0.2) is 11.6 Å². The van der Waals surface area contributed by atoms with Crippen LogP contribution in [0.4, 0.5) is 4.39 Å². The van der Waals surface area contributed by atoms with Crippen molar-refractivity contribution in [2.24, 2.45) is 0 Å². The van der Waals surface area contributed by atoms with E-state index in [0.717, 1.165) is 5.56 Å². The van der Waals surface area contributed by atoms with Crippen molar-refractivity contribution in [3.8, 4) is 11.5 Å². The third-order valence-corrected chi connectivity index (χ3v) is 4.84. The maximum atomic E-state index is 14.4. The number of hydrogen-bond acceptors (Lipinski definition) is 4. The van der Waals surface area contributed by atoms with Gasteiger partial charge in [0, 0.05) is 18.8 Å². The molecule has 5 nitrogen and oxygen atoms in total. The highest BCUT2D eigenvalue weighted by Gasteiger charge is 2.20. The standard InChI is InChI=1S/C25H25FN2O3/c1-2-21(18-29)28(17-20-7-4-3-5-8-20)25(30)13-11-19-10-12-24(23(26)15-19)31-22-9-6-14-27-16-22/h3-16,21,29H,2,17-18H2,1H3/b13-11+/t21-/m0/s1. The molecule has 0 saturated carbocycles. The van der Waals surface area contributed by atoms with E-state index >= 15 is 0 Å². The lowest BCUT2D eigenvalue weighted by Gasteiger charge is -2.29. The van der Waals surface area contributed by atoms with Gasteiger partial charge >= 0.3 is 0 Å². The molecule has 0 aliphatic rings. The minimum atomic E-state index is -0.540. The summed E-state index contributed by atoms with van der Waals surface area (Å²) < 4.78 is 19.9. The van der Waals surface area contributed by atoms with E-state index in [0.29, 0.717) is 24.3 Å². The minimum absolute atomic E-state index is 0.0773. The van der Waals surface area contributed by atoms with Crippen molar-refractivity contribution < 1.29 is 19.0 Å². The van der Waals surface area contributed by atoms with Gasteiger partial charge in [0.2, 0.25) is 5.91 Å². The second-order valence-electron chi connectivity index (χ2n) is 7.01. The Balaban J connectivity index is 1.73. The zero-order valence-electron chi connectivity index (χ0n) is 17.3. The maximum Gasteiger partial charge on any atom is 0.247 e. The Morgan fingerprint density at radius 2 is 2.00 bits per heavy atom. The van der Waals surface area contributed by atoms with Gasteiger partial charge in [-0.3, -0.25) is 9.78 Å². The molecule has 1 amide bonds. The number of aliphatic hydroxyl groups excluding tert-OH is 1. The van der Waals surface area contributed by atoms with Crippen molar-refractivity contribution >= 4 is 12.0 Å². The quantitative estimate of drug-likeness (QED) is 0.504. The van der Waals surface area contributed by atoms with Gasteiger partial charge in [-0.25, -0.2) is 4.39 Å². The summed E-state index contributed by atoms with van der Waals surface area (Å²) >= 11 is 0. The molecule has 0 bridgehead atoms. The molecule has 6 heteroatoms. The summed E-state index contributed by atoms with van der Waals surface area (Å²) in [5.74, 6) is -0.276. The molecule has 0 spiro atoms. The molecule has 0 fully saturated rings. The SMILES string of the molecule is CC[C@@H](CO)N(Cc1ccccc1)C(=O)/C=C/c1ccc(Oc2cccnc2)c(F)c1. The van der Waals surface area contributed by atoms with E-state index in [1.165, 1.54) is 24.4 Å². The van der Waals surface area contributed by atoms with E-state index < -0.39 is 5.82 Å². The number of rotatable bonds is 9. The van der Waals surface area contributed by atoms with Gasteiger partial charge in [0.05, 0.1) is 18.8 Å². The molecule has 31 heavy (non-hydrogen) atoms. The topological polar surface area (TPSA) is 62.7 Å². The van der Waals surface area contributed by atoms with Crippen LogP contribution < -0.4 is 4.74 Å². The number of amides is 1. The van der Waals surface area contributed by atoms with E-state index in [2.05, 4.69) is 4.98 Å². The summed E-state index contributed by atoms with van der Waals surface area (Å²) in [6.45, 7) is 2.18. The molecular formula is C25H25FN2O3. The lowest BCUT2D eigenvalue weighted by Crippen LogP contribution is -2.40. The third-order valence-electron chi connectivity index (χ3n) is 4.84. The van der Waals surface area contributed by atoms with Crippen LogP contribution in [0.2, 0.25) is 0 Å². The molecule has 1 heterocycles. The predicted molar refractivity (Wildman–Crippen MR) is 118 cm³/mol. The Bertz CT molecular complexity index is 1010. The van der Waals surface area contributed by atoms with E-state index in [-0.39, 0.29) is 24.3 Å². The molecular weight excluding hydrogens is 395 g/mol. The number of aliphatic hydroxyl groups is 1. The molecule has 0 aliphatic carbocycles.